The predicted molar refractivity (Wildman–Crippen MR) is 310 cm³/mol. The second kappa shape index (κ2) is 19.2. The van der Waals surface area contributed by atoms with Crippen LogP contribution in [0.1, 0.15) is 40.1 Å². The van der Waals surface area contributed by atoms with Crippen molar-refractivity contribution >= 4 is 77.8 Å². The monoisotopic (exact) mass is 968 g/mol. The topological polar surface area (TPSA) is 53.6 Å². The molecule has 2 heterocycles. The van der Waals surface area contributed by atoms with Gasteiger partial charge in [0.25, 0.3) is 0 Å². The van der Waals surface area contributed by atoms with Crippen LogP contribution in [-0.4, -0.2) is 26.1 Å². The number of aromatic nitrogens is 2. The average molecular weight is 969 g/mol. The molecule has 6 nitrogen and oxygen atoms in total. The number of anilines is 5. The molecule has 0 amide bonds. The summed E-state index contributed by atoms with van der Waals surface area (Å²) in [6.45, 7) is 2.27. The molecule has 0 aliphatic heterocycles. The van der Waals surface area contributed by atoms with Crippen LogP contribution >= 0.6 is 0 Å². The number of aliphatic hydroxyl groups is 1. The number of para-hydroxylation sites is 5. The number of nitrogens with zero attached hydrogens (tertiary/aromatic N) is 4. The van der Waals surface area contributed by atoms with E-state index in [1.54, 1.807) is 0 Å². The van der Waals surface area contributed by atoms with E-state index in [-0.39, 0.29) is 11.8 Å². The van der Waals surface area contributed by atoms with Crippen LogP contribution in [0, 0.1) is 5.92 Å². The number of benzene rings is 10. The molecular formula is C69H52N4O2. The predicted octanol–water partition coefficient (Wildman–Crippen LogP) is 16.9. The van der Waals surface area contributed by atoms with E-state index in [2.05, 4.69) is 226 Å². The van der Waals surface area contributed by atoms with Gasteiger partial charge >= 0.3 is 0 Å². The number of carbonyl (C=O) groups excluding carboxylic acids is 1. The second-order valence-electron chi connectivity index (χ2n) is 19.4. The molecule has 0 fully saturated rings. The third-order valence-corrected chi connectivity index (χ3v) is 14.9. The van der Waals surface area contributed by atoms with E-state index in [0.717, 1.165) is 83.6 Å². The number of rotatable bonds is 12. The van der Waals surface area contributed by atoms with E-state index in [0.29, 0.717) is 22.6 Å². The minimum atomic E-state index is -0.876. The molecule has 1 aliphatic rings. The minimum Gasteiger partial charge on any atom is -0.384 e. The highest BCUT2D eigenvalue weighted by atomic mass is 16.3. The van der Waals surface area contributed by atoms with E-state index in [1.807, 2.05) is 72.8 Å². The fourth-order valence-corrected chi connectivity index (χ4v) is 11.2. The van der Waals surface area contributed by atoms with Gasteiger partial charge in [0.15, 0.2) is 5.78 Å². The van der Waals surface area contributed by atoms with Crippen molar-refractivity contribution in [3.63, 3.8) is 0 Å². The van der Waals surface area contributed by atoms with E-state index in [1.165, 1.54) is 5.39 Å². The summed E-state index contributed by atoms with van der Waals surface area (Å²) in [5.74, 6) is 0.253. The minimum absolute atomic E-state index is 0.0771. The van der Waals surface area contributed by atoms with Crippen LogP contribution in [0.3, 0.4) is 0 Å². The summed E-state index contributed by atoms with van der Waals surface area (Å²) >= 11 is 0. The van der Waals surface area contributed by atoms with Gasteiger partial charge in [-0.15, -0.1) is 0 Å². The Hall–Kier alpha value is -9.49. The lowest BCUT2D eigenvalue weighted by Crippen LogP contribution is -2.35. The lowest BCUT2D eigenvalue weighted by molar-refractivity contribution is 0.103. The molecule has 3 unspecified atom stereocenters. The summed E-state index contributed by atoms with van der Waals surface area (Å²) in [5.41, 5.74) is 14.5. The van der Waals surface area contributed by atoms with Gasteiger partial charge in [-0.05, 0) is 138 Å². The van der Waals surface area contributed by atoms with E-state index >= 15 is 0 Å². The largest absolute Gasteiger partial charge is 0.384 e. The Labute approximate surface area is 436 Å². The van der Waals surface area contributed by atoms with Crippen molar-refractivity contribution in [1.29, 1.82) is 0 Å². The molecule has 0 radical (unpaired) electrons. The number of carbonyl (C=O) groups is 1. The number of hydrogen-bond donors (Lipinski definition) is 1. The fourth-order valence-electron chi connectivity index (χ4n) is 11.2. The molecule has 10 aromatic carbocycles. The number of aliphatic hydroxyl groups excluding tert-OH is 1. The summed E-state index contributed by atoms with van der Waals surface area (Å²) in [5, 5.41) is 16.3. The standard InChI is InChI=1S/C69H52N4O2/c1-47-17-11-14-26-63(47)71(54-22-9-4-10-23-54)58-42-44-67-62(46-58)60-25-13-16-28-65(60)73(67)56-39-35-51(36-40-56)69(75)49-31-29-48(30-32-49)68(74)50-33-37-55(38-34-50)72-64-27-15-12-24-59(64)61-45-57(41-43-66(61)72)70(52-18-5-2-6-19-52)53-20-7-3-8-21-53/h2-47,63,68,74H,1H3. The zero-order chi connectivity index (χ0) is 50.4. The maximum Gasteiger partial charge on any atom is 0.193 e. The van der Waals surface area contributed by atoms with Crippen LogP contribution in [0.4, 0.5) is 28.4 Å². The Morgan fingerprint density at radius 3 is 1.36 bits per heavy atom. The first-order chi connectivity index (χ1) is 37.0. The molecule has 2 aromatic heterocycles. The summed E-state index contributed by atoms with van der Waals surface area (Å²) in [7, 11) is 0. The van der Waals surface area contributed by atoms with Crippen molar-refractivity contribution in [3.8, 4) is 11.4 Å². The van der Waals surface area contributed by atoms with Crippen LogP contribution < -0.4 is 9.80 Å². The molecule has 75 heavy (non-hydrogen) atoms. The Bertz CT molecular complexity index is 4060. The first-order valence-electron chi connectivity index (χ1n) is 25.7. The highest BCUT2D eigenvalue weighted by Gasteiger charge is 2.26. The quantitative estimate of drug-likeness (QED) is 0.124. The van der Waals surface area contributed by atoms with Gasteiger partial charge in [-0.2, -0.15) is 0 Å². The van der Waals surface area contributed by atoms with Crippen molar-refractivity contribution in [3.05, 3.63) is 295 Å². The number of fused-ring (bicyclic) bond motifs is 6. The molecule has 13 rings (SSSR count). The molecule has 0 spiro atoms. The van der Waals surface area contributed by atoms with Crippen molar-refractivity contribution in [1.82, 2.24) is 9.13 Å². The van der Waals surface area contributed by atoms with Crippen molar-refractivity contribution in [2.45, 2.75) is 19.1 Å². The Morgan fingerprint density at radius 2 is 0.827 bits per heavy atom. The van der Waals surface area contributed by atoms with Gasteiger partial charge in [-0.3, -0.25) is 4.79 Å². The van der Waals surface area contributed by atoms with Crippen LogP contribution in [0.15, 0.2) is 273 Å². The molecule has 0 bridgehead atoms. The lowest BCUT2D eigenvalue weighted by atomic mass is 9.94. The second-order valence-corrected chi connectivity index (χ2v) is 19.4. The fraction of sp³-hybridized carbons (Fsp3) is 0.0580. The molecule has 1 N–H and O–H groups in total. The number of allylic oxidation sites excluding steroid dienone is 2. The number of hydrogen-bond acceptors (Lipinski definition) is 4. The van der Waals surface area contributed by atoms with Gasteiger partial charge < -0.3 is 24.0 Å². The molecule has 0 saturated heterocycles. The van der Waals surface area contributed by atoms with Gasteiger partial charge in [0.1, 0.15) is 6.10 Å². The van der Waals surface area contributed by atoms with E-state index < -0.39 is 6.10 Å². The Kier molecular flexibility index (Phi) is 11.6. The Balaban J connectivity index is 0.749. The average Bonchev–Trinajstić information content (AvgIpc) is 3.99. The summed E-state index contributed by atoms with van der Waals surface area (Å²) in [4.78, 5) is 18.8. The van der Waals surface area contributed by atoms with Crippen molar-refractivity contribution in [2.75, 3.05) is 9.80 Å². The van der Waals surface area contributed by atoms with Crippen molar-refractivity contribution in [2.24, 2.45) is 5.92 Å². The molecule has 1 aliphatic carbocycles. The van der Waals surface area contributed by atoms with Crippen molar-refractivity contribution < 1.29 is 9.90 Å². The zero-order valence-electron chi connectivity index (χ0n) is 41.4. The molecule has 3 atom stereocenters. The van der Waals surface area contributed by atoms with Gasteiger partial charge in [-0.25, -0.2) is 0 Å². The van der Waals surface area contributed by atoms with Gasteiger partial charge in [0.2, 0.25) is 0 Å². The lowest BCUT2D eigenvalue weighted by Gasteiger charge is -2.36. The Morgan fingerprint density at radius 1 is 0.413 bits per heavy atom. The summed E-state index contributed by atoms with van der Waals surface area (Å²) in [6, 6.07) is 85.6. The van der Waals surface area contributed by atoms with Crippen LogP contribution in [0.25, 0.3) is 55.0 Å². The van der Waals surface area contributed by atoms with Crippen LogP contribution in [-0.2, 0) is 0 Å². The van der Waals surface area contributed by atoms with Gasteiger partial charge in [0.05, 0.1) is 28.1 Å². The highest BCUT2D eigenvalue weighted by molar-refractivity contribution is 6.12. The smallest absolute Gasteiger partial charge is 0.193 e. The van der Waals surface area contributed by atoms with Crippen LogP contribution in [0.5, 0.6) is 0 Å². The molecule has 12 aromatic rings. The third kappa shape index (κ3) is 8.18. The maximum atomic E-state index is 14.0. The zero-order valence-corrected chi connectivity index (χ0v) is 41.4. The van der Waals surface area contributed by atoms with Gasteiger partial charge in [-0.1, -0.05) is 159 Å². The third-order valence-electron chi connectivity index (χ3n) is 14.9. The number of ketones is 1. The molecule has 6 heteroatoms. The maximum absolute atomic E-state index is 14.0. The SMILES string of the molecule is CC1C=CC=CC1N(c1ccccc1)c1ccc2c(c1)c1ccccc1n2-c1ccc(C(=O)c2ccc(C(O)c3ccc(-n4c5ccccc5c5cc(N(c6ccccc6)c6ccccc6)ccc54)cc3)cc2)cc1. The van der Waals surface area contributed by atoms with E-state index in [9.17, 15) is 9.90 Å². The molecular weight excluding hydrogens is 917 g/mol. The molecule has 0 saturated carbocycles. The first kappa shape index (κ1) is 45.4. The summed E-state index contributed by atoms with van der Waals surface area (Å²) < 4.78 is 4.58. The first-order valence-corrected chi connectivity index (χ1v) is 25.7. The highest BCUT2D eigenvalue weighted by Crippen LogP contribution is 2.42. The van der Waals surface area contributed by atoms with E-state index in [4.69, 9.17) is 0 Å². The normalized spacial score (nSPS) is 14.7. The summed E-state index contributed by atoms with van der Waals surface area (Å²) in [6.07, 6.45) is 7.97. The van der Waals surface area contributed by atoms with Crippen LogP contribution in [0.2, 0.25) is 0 Å². The molecule has 360 valence electrons. The van der Waals surface area contributed by atoms with Gasteiger partial charge in [0, 0.05) is 72.5 Å².